The molecule has 0 aliphatic carbocycles. The Balaban J connectivity index is 1.99. The van der Waals surface area contributed by atoms with E-state index in [9.17, 15) is 13.2 Å². The van der Waals surface area contributed by atoms with Crippen LogP contribution >= 0.6 is 0 Å². The van der Waals surface area contributed by atoms with Crippen molar-refractivity contribution < 1.29 is 13.2 Å². The van der Waals surface area contributed by atoms with E-state index >= 15 is 0 Å². The van der Waals surface area contributed by atoms with Gasteiger partial charge in [-0.2, -0.15) is 0 Å². The van der Waals surface area contributed by atoms with Gasteiger partial charge in [0.15, 0.2) is 0 Å². The normalized spacial score (nSPS) is 11.6. The van der Waals surface area contributed by atoms with Crippen molar-refractivity contribution in [1.29, 1.82) is 0 Å². The van der Waals surface area contributed by atoms with Crippen LogP contribution in [-0.2, 0) is 14.8 Å². The summed E-state index contributed by atoms with van der Waals surface area (Å²) < 4.78 is 27.0. The van der Waals surface area contributed by atoms with E-state index in [1.165, 1.54) is 5.56 Å². The average Bonchev–Trinajstić information content (AvgIpc) is 2.53. The predicted octanol–water partition coefficient (Wildman–Crippen LogP) is 3.34. The molecule has 1 amide bonds. The number of rotatable bonds is 6. The van der Waals surface area contributed by atoms with E-state index in [0.29, 0.717) is 17.2 Å². The molecule has 2 N–H and O–H groups in total. The van der Waals surface area contributed by atoms with Crippen LogP contribution in [0.15, 0.2) is 47.4 Å². The summed E-state index contributed by atoms with van der Waals surface area (Å²) in [5.41, 5.74) is 3.45. The van der Waals surface area contributed by atoms with Gasteiger partial charge in [0.1, 0.15) is 0 Å². The zero-order valence-corrected chi connectivity index (χ0v) is 15.8. The Bertz CT molecular complexity index is 857. The number of benzene rings is 2. The molecule has 0 spiro atoms. The second kappa shape index (κ2) is 7.80. The number of amides is 1. The Morgan fingerprint density at radius 3 is 2.24 bits per heavy atom. The van der Waals surface area contributed by atoms with Gasteiger partial charge in [0.2, 0.25) is 15.9 Å². The molecule has 0 fully saturated rings. The van der Waals surface area contributed by atoms with Crippen LogP contribution in [0.5, 0.6) is 0 Å². The second-order valence-corrected chi connectivity index (χ2v) is 8.15. The minimum atomic E-state index is -3.72. The number of sulfonamides is 1. The zero-order valence-electron chi connectivity index (χ0n) is 15.0. The number of hydrogen-bond acceptors (Lipinski definition) is 3. The van der Waals surface area contributed by atoms with Gasteiger partial charge in [-0.25, -0.2) is 13.1 Å². The van der Waals surface area contributed by atoms with Crippen LogP contribution < -0.4 is 10.0 Å². The first-order valence-electron chi connectivity index (χ1n) is 8.16. The van der Waals surface area contributed by atoms with Crippen molar-refractivity contribution in [3.63, 3.8) is 0 Å². The molecule has 6 heteroatoms. The Labute approximate surface area is 149 Å². The summed E-state index contributed by atoms with van der Waals surface area (Å²) in [6.45, 7) is 7.50. The fourth-order valence-corrected chi connectivity index (χ4v) is 3.70. The summed E-state index contributed by atoms with van der Waals surface area (Å²) in [6.07, 6.45) is 0. The molecule has 0 unspecified atom stereocenters. The Kier molecular flexibility index (Phi) is 5.98. The molecule has 5 nitrogen and oxygen atoms in total. The zero-order chi connectivity index (χ0) is 18.6. The molecule has 2 rings (SSSR count). The Hall–Kier alpha value is -2.18. The van der Waals surface area contributed by atoms with Crippen LogP contribution in [0.4, 0.5) is 5.69 Å². The number of anilines is 1. The topological polar surface area (TPSA) is 75.3 Å². The van der Waals surface area contributed by atoms with Gasteiger partial charge in [0.05, 0.1) is 11.4 Å². The first-order chi connectivity index (χ1) is 11.7. The molecule has 0 heterocycles. The van der Waals surface area contributed by atoms with E-state index in [2.05, 4.69) is 23.9 Å². The number of aryl methyl sites for hydroxylation is 2. The van der Waals surface area contributed by atoms with Crippen molar-refractivity contribution in [2.75, 3.05) is 11.9 Å². The van der Waals surface area contributed by atoms with Crippen LogP contribution in [0.3, 0.4) is 0 Å². The van der Waals surface area contributed by atoms with Gasteiger partial charge in [-0.05, 0) is 49.1 Å². The molecule has 0 radical (unpaired) electrons. The van der Waals surface area contributed by atoms with Crippen LogP contribution in [0.2, 0.25) is 0 Å². The number of hydrogen-bond donors (Lipinski definition) is 2. The summed E-state index contributed by atoms with van der Waals surface area (Å²) >= 11 is 0. The van der Waals surface area contributed by atoms with Crippen LogP contribution in [0.1, 0.15) is 36.5 Å². The number of carbonyl (C=O) groups is 1. The molecule has 2 aromatic rings. The van der Waals surface area contributed by atoms with Crippen LogP contribution in [0, 0.1) is 13.8 Å². The molecular weight excluding hydrogens is 336 g/mol. The van der Waals surface area contributed by atoms with Crippen molar-refractivity contribution >= 4 is 21.6 Å². The monoisotopic (exact) mass is 360 g/mol. The van der Waals surface area contributed by atoms with E-state index in [0.717, 1.165) is 5.56 Å². The molecule has 134 valence electrons. The van der Waals surface area contributed by atoms with E-state index < -0.39 is 15.9 Å². The predicted molar refractivity (Wildman–Crippen MR) is 100 cm³/mol. The lowest BCUT2D eigenvalue weighted by Gasteiger charge is -2.11. The first-order valence-corrected chi connectivity index (χ1v) is 9.64. The third-order valence-electron chi connectivity index (χ3n) is 3.90. The van der Waals surface area contributed by atoms with Gasteiger partial charge in [0, 0.05) is 5.69 Å². The van der Waals surface area contributed by atoms with E-state index in [1.54, 1.807) is 25.1 Å². The molecule has 25 heavy (non-hydrogen) atoms. The molecule has 0 bridgehead atoms. The van der Waals surface area contributed by atoms with Crippen LogP contribution in [0.25, 0.3) is 0 Å². The maximum Gasteiger partial charge on any atom is 0.241 e. The molecule has 0 atom stereocenters. The van der Waals surface area contributed by atoms with Gasteiger partial charge in [0.25, 0.3) is 0 Å². The maximum absolute atomic E-state index is 12.3. The number of nitrogens with one attached hydrogen (secondary N) is 2. The largest absolute Gasteiger partial charge is 0.325 e. The van der Waals surface area contributed by atoms with Crippen molar-refractivity contribution in [2.45, 2.75) is 38.5 Å². The van der Waals surface area contributed by atoms with Crippen molar-refractivity contribution in [1.82, 2.24) is 4.72 Å². The summed E-state index contributed by atoms with van der Waals surface area (Å²) in [4.78, 5) is 12.2. The third kappa shape index (κ3) is 5.14. The van der Waals surface area contributed by atoms with Gasteiger partial charge in [-0.1, -0.05) is 43.7 Å². The summed E-state index contributed by atoms with van der Waals surface area (Å²) in [7, 11) is -3.72. The average molecular weight is 360 g/mol. The highest BCUT2D eigenvalue weighted by Crippen LogP contribution is 2.18. The van der Waals surface area contributed by atoms with Crippen LogP contribution in [-0.4, -0.2) is 20.9 Å². The molecule has 2 aromatic carbocycles. The van der Waals surface area contributed by atoms with Crippen molar-refractivity contribution in [3.05, 3.63) is 59.2 Å². The lowest BCUT2D eigenvalue weighted by Crippen LogP contribution is -2.33. The Morgan fingerprint density at radius 2 is 1.68 bits per heavy atom. The Morgan fingerprint density at radius 1 is 1.04 bits per heavy atom. The SMILES string of the molecule is Cc1ccc(S(=O)(=O)NCC(=O)Nc2ccc(C(C)C)cc2)c(C)c1. The smallest absolute Gasteiger partial charge is 0.241 e. The fraction of sp³-hybridized carbons (Fsp3) is 0.316. The van der Waals surface area contributed by atoms with Crippen molar-refractivity contribution in [2.24, 2.45) is 0 Å². The molecular formula is C19H24N2O3S. The van der Waals surface area contributed by atoms with Gasteiger partial charge >= 0.3 is 0 Å². The lowest BCUT2D eigenvalue weighted by molar-refractivity contribution is -0.115. The van der Waals surface area contributed by atoms with Gasteiger partial charge in [-0.15, -0.1) is 0 Å². The summed E-state index contributed by atoms with van der Waals surface area (Å²) in [6, 6.07) is 12.6. The molecule has 0 saturated heterocycles. The van der Waals surface area contributed by atoms with E-state index in [1.807, 2.05) is 31.2 Å². The maximum atomic E-state index is 12.3. The van der Waals surface area contributed by atoms with Crippen molar-refractivity contribution in [3.8, 4) is 0 Å². The molecule has 0 aliphatic heterocycles. The standard InChI is InChI=1S/C19H24N2O3S/c1-13(2)16-6-8-17(9-7-16)21-19(22)12-20-25(23,24)18-10-5-14(3)11-15(18)4/h5-11,13,20H,12H2,1-4H3,(H,21,22). The molecule has 0 aromatic heterocycles. The highest BCUT2D eigenvalue weighted by atomic mass is 32.2. The highest BCUT2D eigenvalue weighted by Gasteiger charge is 2.17. The second-order valence-electron chi connectivity index (χ2n) is 6.42. The third-order valence-corrected chi connectivity index (χ3v) is 5.47. The molecule has 0 aliphatic rings. The molecule has 0 saturated carbocycles. The highest BCUT2D eigenvalue weighted by molar-refractivity contribution is 7.89. The summed E-state index contributed by atoms with van der Waals surface area (Å²) in [5, 5.41) is 2.69. The first kappa shape index (κ1) is 19.1. The summed E-state index contributed by atoms with van der Waals surface area (Å²) in [5.74, 6) is -0.0000494. The quantitative estimate of drug-likeness (QED) is 0.829. The fourth-order valence-electron chi connectivity index (χ4n) is 2.50. The number of carbonyl (C=O) groups excluding carboxylic acids is 1. The van der Waals surface area contributed by atoms with E-state index in [4.69, 9.17) is 0 Å². The minimum Gasteiger partial charge on any atom is -0.325 e. The van der Waals surface area contributed by atoms with Gasteiger partial charge < -0.3 is 5.32 Å². The lowest BCUT2D eigenvalue weighted by atomic mass is 10.0. The van der Waals surface area contributed by atoms with Gasteiger partial charge in [-0.3, -0.25) is 4.79 Å². The minimum absolute atomic E-state index is 0.187. The van der Waals surface area contributed by atoms with E-state index in [-0.39, 0.29) is 11.4 Å².